The van der Waals surface area contributed by atoms with Gasteiger partial charge in [0, 0.05) is 30.4 Å². The Morgan fingerprint density at radius 2 is 1.97 bits per heavy atom. The van der Waals surface area contributed by atoms with E-state index in [0.29, 0.717) is 0 Å². The van der Waals surface area contributed by atoms with Crippen LogP contribution in [0.4, 0.5) is 26.3 Å². The first-order valence-corrected chi connectivity index (χ1v) is 9.99. The van der Waals surface area contributed by atoms with Gasteiger partial charge in [0.2, 0.25) is 11.8 Å². The van der Waals surface area contributed by atoms with E-state index >= 15 is 0 Å². The van der Waals surface area contributed by atoms with Crippen LogP contribution in [0.3, 0.4) is 0 Å². The van der Waals surface area contributed by atoms with Crippen LogP contribution in [0.15, 0.2) is 41.2 Å². The molecule has 8 nitrogen and oxygen atoms in total. The average Bonchev–Trinajstić information content (AvgIpc) is 3.33. The van der Waals surface area contributed by atoms with Gasteiger partial charge < -0.3 is 14.1 Å². The van der Waals surface area contributed by atoms with Crippen LogP contribution in [-0.2, 0) is 17.3 Å². The number of pyridine rings is 1. The fourth-order valence-electron chi connectivity index (χ4n) is 3.40. The van der Waals surface area contributed by atoms with E-state index in [1.165, 1.54) is 10.6 Å². The van der Waals surface area contributed by atoms with Crippen LogP contribution in [0, 0.1) is 0 Å². The third-order valence-corrected chi connectivity index (χ3v) is 5.18. The number of hydrogen-bond donors (Lipinski definition) is 1. The molecule has 1 aliphatic carbocycles. The second-order valence-corrected chi connectivity index (χ2v) is 7.75. The van der Waals surface area contributed by atoms with Crippen molar-refractivity contribution in [2.45, 2.75) is 50.2 Å². The first kappa shape index (κ1) is 23.7. The topological polar surface area (TPSA) is 94.5 Å². The zero-order valence-electron chi connectivity index (χ0n) is 17.3. The molecule has 34 heavy (non-hydrogen) atoms. The fourth-order valence-corrected chi connectivity index (χ4v) is 3.40. The van der Waals surface area contributed by atoms with Gasteiger partial charge in [-0.2, -0.15) is 13.2 Å². The molecule has 1 saturated carbocycles. The number of amides is 1. The molecule has 1 aliphatic rings. The van der Waals surface area contributed by atoms with E-state index < -0.39 is 30.1 Å². The molecule has 3 heterocycles. The number of carbonyl (C=O) groups is 1. The minimum absolute atomic E-state index is 0.0390. The van der Waals surface area contributed by atoms with Gasteiger partial charge in [-0.3, -0.25) is 9.53 Å². The molecular formula is C20H17F6N5O3. The highest BCUT2D eigenvalue weighted by Gasteiger charge is 2.42. The Morgan fingerprint density at radius 1 is 1.24 bits per heavy atom. The van der Waals surface area contributed by atoms with Gasteiger partial charge in [0.05, 0.1) is 11.7 Å². The summed E-state index contributed by atoms with van der Waals surface area (Å²) in [5.74, 6) is -0.532. The first-order chi connectivity index (χ1) is 15.9. The predicted molar refractivity (Wildman–Crippen MR) is 102 cm³/mol. The smallest absolute Gasteiger partial charge is 0.425 e. The molecule has 0 unspecified atom stereocenters. The van der Waals surface area contributed by atoms with Gasteiger partial charge in [-0.05, 0) is 31.4 Å². The minimum atomic E-state index is -4.68. The molecule has 0 aliphatic heterocycles. The predicted octanol–water partition coefficient (Wildman–Crippen LogP) is 4.39. The Kier molecular flexibility index (Phi) is 6.10. The van der Waals surface area contributed by atoms with E-state index in [1.807, 2.05) is 0 Å². The van der Waals surface area contributed by atoms with Gasteiger partial charge in [-0.1, -0.05) is 6.58 Å². The maximum atomic E-state index is 12.8. The molecule has 1 N–H and O–H groups in total. The van der Waals surface area contributed by atoms with E-state index in [1.54, 1.807) is 0 Å². The molecule has 3 aromatic heterocycles. The second-order valence-electron chi connectivity index (χ2n) is 7.75. The van der Waals surface area contributed by atoms with Gasteiger partial charge in [0.25, 0.3) is 5.91 Å². The largest absolute Gasteiger partial charge is 0.522 e. The Labute approximate surface area is 187 Å². The van der Waals surface area contributed by atoms with Crippen LogP contribution in [0.5, 0.6) is 0 Å². The number of carbonyl (C=O) groups excluding carboxylic acids is 1. The first-order valence-electron chi connectivity index (χ1n) is 9.99. The van der Waals surface area contributed by atoms with E-state index in [9.17, 15) is 31.1 Å². The number of nitrogens with zero attached hydrogens (tertiary/aromatic N) is 4. The lowest BCUT2D eigenvalue weighted by Crippen LogP contribution is -2.34. The zero-order chi connectivity index (χ0) is 24.7. The summed E-state index contributed by atoms with van der Waals surface area (Å²) < 4.78 is 85.7. The lowest BCUT2D eigenvalue weighted by Gasteiger charge is -2.32. The zero-order valence-corrected chi connectivity index (χ0v) is 17.3. The average molecular weight is 489 g/mol. The van der Waals surface area contributed by atoms with E-state index in [0.717, 1.165) is 18.3 Å². The van der Waals surface area contributed by atoms with Crippen LogP contribution < -0.4 is 5.32 Å². The number of nitrogens with one attached hydrogen (secondary N) is 1. The number of aryl methyl sites for hydroxylation is 1. The molecule has 0 radical (unpaired) electrons. The lowest BCUT2D eigenvalue weighted by molar-refractivity contribution is -0.352. The minimum Gasteiger partial charge on any atom is -0.425 e. The summed E-state index contributed by atoms with van der Waals surface area (Å²) in [5, 5.41) is 10.2. The van der Waals surface area contributed by atoms with Crippen molar-refractivity contribution in [1.29, 1.82) is 0 Å². The maximum absolute atomic E-state index is 12.8. The molecule has 1 fully saturated rings. The highest BCUT2D eigenvalue weighted by Crippen LogP contribution is 2.40. The van der Waals surface area contributed by atoms with Crippen LogP contribution in [-0.4, -0.2) is 38.0 Å². The van der Waals surface area contributed by atoms with Gasteiger partial charge in [0.15, 0.2) is 0 Å². The van der Waals surface area contributed by atoms with Crippen molar-refractivity contribution in [3.63, 3.8) is 0 Å². The Morgan fingerprint density at radius 3 is 2.65 bits per heavy atom. The quantitative estimate of drug-likeness (QED) is 0.495. The number of ether oxygens (including phenoxy) is 1. The van der Waals surface area contributed by atoms with Crippen LogP contribution >= 0.6 is 0 Å². The summed E-state index contributed by atoms with van der Waals surface area (Å²) in [6, 6.07) is 1.71. The lowest BCUT2D eigenvalue weighted by atomic mass is 9.82. The monoisotopic (exact) mass is 489 g/mol. The molecular weight excluding hydrogens is 472 g/mol. The number of aromatic nitrogens is 4. The summed E-state index contributed by atoms with van der Waals surface area (Å²) in [7, 11) is 0. The van der Waals surface area contributed by atoms with Crippen molar-refractivity contribution < 1.29 is 40.3 Å². The number of imidazole rings is 1. The van der Waals surface area contributed by atoms with E-state index in [-0.39, 0.29) is 60.4 Å². The van der Waals surface area contributed by atoms with Crippen LogP contribution in [0.1, 0.15) is 53.0 Å². The third kappa shape index (κ3) is 5.55. The number of hydrogen-bond acceptors (Lipinski definition) is 6. The summed E-state index contributed by atoms with van der Waals surface area (Å²) in [5.41, 5.74) is -0.740. The van der Waals surface area contributed by atoms with Crippen molar-refractivity contribution in [2.75, 3.05) is 0 Å². The van der Waals surface area contributed by atoms with Crippen LogP contribution in [0.25, 0.3) is 5.65 Å². The number of alkyl halides is 6. The Balaban J connectivity index is 1.27. The fraction of sp³-hybridized carbons (Fsp3) is 0.400. The SMILES string of the molecule is C=C(CCc1nnc([C@H]2C[C@@H](OC(F)(F)F)C2)o1)NC(=O)c1cn2ccc(C(F)(F)F)cc2n1. The highest BCUT2D eigenvalue weighted by atomic mass is 19.4. The van der Waals surface area contributed by atoms with E-state index in [4.69, 9.17) is 4.42 Å². The van der Waals surface area contributed by atoms with Gasteiger partial charge >= 0.3 is 12.5 Å². The normalized spacial score (nSPS) is 18.6. The Hall–Kier alpha value is -3.42. The molecule has 14 heteroatoms. The highest BCUT2D eigenvalue weighted by molar-refractivity contribution is 5.93. The molecule has 182 valence electrons. The molecule has 0 aromatic carbocycles. The molecule has 0 atom stereocenters. The van der Waals surface area contributed by atoms with Gasteiger partial charge in [0.1, 0.15) is 11.3 Å². The Bertz CT molecular complexity index is 1210. The molecule has 4 rings (SSSR count). The van der Waals surface area contributed by atoms with Gasteiger partial charge in [-0.25, -0.2) is 4.98 Å². The molecule has 0 saturated heterocycles. The second kappa shape index (κ2) is 8.74. The van der Waals surface area contributed by atoms with E-state index in [2.05, 4.69) is 31.8 Å². The standard InChI is InChI=1S/C20H17F6N5O3/c1-10(2-3-16-29-30-18(33-16)11-6-13(7-11)34-20(24,25)26)27-17(32)14-9-31-5-4-12(19(21,22)23)8-15(31)28-14/h4-5,8-9,11,13H,1-3,6-7H2,(H,27,32)/t11-,13+. The third-order valence-electron chi connectivity index (χ3n) is 5.18. The number of allylic oxidation sites excluding steroid dienone is 1. The number of halogens is 6. The van der Waals surface area contributed by atoms with Crippen molar-refractivity contribution >= 4 is 11.6 Å². The molecule has 3 aromatic rings. The summed E-state index contributed by atoms with van der Waals surface area (Å²) >= 11 is 0. The summed E-state index contributed by atoms with van der Waals surface area (Å²) in [4.78, 5) is 16.3. The maximum Gasteiger partial charge on any atom is 0.522 e. The molecule has 1 amide bonds. The van der Waals surface area contributed by atoms with Crippen molar-refractivity contribution in [1.82, 2.24) is 24.9 Å². The van der Waals surface area contributed by atoms with Crippen molar-refractivity contribution in [2.24, 2.45) is 0 Å². The molecule has 0 spiro atoms. The number of rotatable bonds is 7. The summed E-state index contributed by atoms with van der Waals surface area (Å²) in [6.07, 6.45) is -7.05. The number of fused-ring (bicyclic) bond motifs is 1. The van der Waals surface area contributed by atoms with Gasteiger partial charge in [-0.15, -0.1) is 23.4 Å². The van der Waals surface area contributed by atoms with Crippen molar-refractivity contribution in [3.8, 4) is 0 Å². The van der Waals surface area contributed by atoms with Crippen LogP contribution in [0.2, 0.25) is 0 Å². The molecule has 0 bridgehead atoms. The van der Waals surface area contributed by atoms with Crippen molar-refractivity contribution in [3.05, 3.63) is 59.8 Å². The summed E-state index contributed by atoms with van der Waals surface area (Å²) in [6.45, 7) is 3.72.